The van der Waals surface area contributed by atoms with Crippen LogP contribution in [-0.2, 0) is 6.18 Å². The summed E-state index contributed by atoms with van der Waals surface area (Å²) < 4.78 is 56.7. The summed E-state index contributed by atoms with van der Waals surface area (Å²) in [5.74, 6) is -1.15. The highest BCUT2D eigenvalue weighted by Crippen LogP contribution is 2.38. The summed E-state index contributed by atoms with van der Waals surface area (Å²) >= 11 is 0. The van der Waals surface area contributed by atoms with Gasteiger partial charge in [-0.05, 0) is 38.8 Å². The highest BCUT2D eigenvalue weighted by molar-refractivity contribution is 5.80. The topological polar surface area (TPSA) is 90.9 Å². The van der Waals surface area contributed by atoms with Crippen LogP contribution >= 0.6 is 0 Å². The van der Waals surface area contributed by atoms with Gasteiger partial charge >= 0.3 is 6.18 Å². The van der Waals surface area contributed by atoms with Gasteiger partial charge in [0.05, 0.1) is 22.3 Å². The average molecular weight is 433 g/mol. The Morgan fingerprint density at radius 3 is 2.74 bits per heavy atom. The highest BCUT2D eigenvalue weighted by atomic mass is 19.4. The smallest absolute Gasteiger partial charge is 0.350 e. The first-order valence-corrected chi connectivity index (χ1v) is 9.61. The van der Waals surface area contributed by atoms with E-state index >= 15 is 0 Å². The molecule has 0 bridgehead atoms. The summed E-state index contributed by atoms with van der Waals surface area (Å²) in [5, 5.41) is 19.0. The molecule has 1 saturated heterocycles. The summed E-state index contributed by atoms with van der Waals surface area (Å²) in [6.07, 6.45) is -1.26. The predicted molar refractivity (Wildman–Crippen MR) is 105 cm³/mol. The molecule has 7 nitrogen and oxygen atoms in total. The fraction of sp³-hybridized carbons (Fsp3) is 0.400. The predicted octanol–water partition coefficient (Wildman–Crippen LogP) is 3.76. The number of hydrogen-bond acceptors (Lipinski definition) is 6. The number of piperidine rings is 1. The molecule has 0 radical (unpaired) electrons. The van der Waals surface area contributed by atoms with Crippen molar-refractivity contribution < 1.29 is 17.6 Å². The minimum Gasteiger partial charge on any atom is -0.350 e. The van der Waals surface area contributed by atoms with Gasteiger partial charge in [-0.25, -0.2) is 14.5 Å². The number of nitrogens with zero attached hydrogens (tertiary/aromatic N) is 5. The molecule has 1 aliphatic heterocycles. The van der Waals surface area contributed by atoms with E-state index in [2.05, 4.69) is 39.5 Å². The van der Waals surface area contributed by atoms with E-state index in [-0.39, 0.29) is 28.6 Å². The van der Waals surface area contributed by atoms with Gasteiger partial charge in [0.2, 0.25) is 11.9 Å². The van der Waals surface area contributed by atoms with Crippen molar-refractivity contribution in [2.24, 2.45) is 0 Å². The van der Waals surface area contributed by atoms with Crippen LogP contribution in [0.5, 0.6) is 0 Å². The van der Waals surface area contributed by atoms with Crippen molar-refractivity contribution in [2.45, 2.75) is 44.4 Å². The molecular weight excluding hydrogens is 414 g/mol. The molecule has 1 aliphatic rings. The molecule has 162 valence electrons. The molecule has 3 aromatic heterocycles. The molecule has 2 N–H and O–H groups in total. The number of pyridine rings is 1. The second-order valence-corrected chi connectivity index (χ2v) is 8.12. The Balaban J connectivity index is 1.77. The Labute approximate surface area is 175 Å². The molecule has 31 heavy (non-hydrogen) atoms. The molecule has 3 aromatic rings. The standard InChI is InChI=1S/C20H19F4N7/c1-19(2)6-5-12(8-27-19)28-18-26-9-13(20(22,23)24)16(29-18)15-14-4-3-11(7-25)10-31(14)30-17(15)21/h3-4,9-10,12,27H,5-6,8H2,1-2H3,(H,26,28,29)/t12-/m0/s1. The number of anilines is 1. The first kappa shape index (κ1) is 21.0. The van der Waals surface area contributed by atoms with Gasteiger partial charge in [0, 0.05) is 30.5 Å². The molecule has 11 heteroatoms. The molecular formula is C20H19F4N7. The first-order chi connectivity index (χ1) is 14.6. The third-order valence-corrected chi connectivity index (χ3v) is 5.33. The lowest BCUT2D eigenvalue weighted by Gasteiger charge is -2.36. The van der Waals surface area contributed by atoms with Crippen LogP contribution in [0.3, 0.4) is 0 Å². The van der Waals surface area contributed by atoms with Gasteiger partial charge in [0.1, 0.15) is 11.6 Å². The summed E-state index contributed by atoms with van der Waals surface area (Å²) in [4.78, 5) is 7.86. The van der Waals surface area contributed by atoms with Gasteiger partial charge in [-0.15, -0.1) is 5.10 Å². The molecule has 0 aromatic carbocycles. The van der Waals surface area contributed by atoms with Gasteiger partial charge in [-0.2, -0.15) is 22.8 Å². The van der Waals surface area contributed by atoms with Gasteiger partial charge in [-0.1, -0.05) is 0 Å². The van der Waals surface area contributed by atoms with E-state index in [0.29, 0.717) is 12.7 Å². The SMILES string of the molecule is CC1(C)CC[C@H](Nc2ncc(C(F)(F)F)c(-c3c(F)nn4cc(C#N)ccc34)n2)CN1. The summed E-state index contributed by atoms with van der Waals surface area (Å²) in [7, 11) is 0. The van der Waals surface area contributed by atoms with Crippen LogP contribution in [0.15, 0.2) is 24.5 Å². The fourth-order valence-corrected chi connectivity index (χ4v) is 3.59. The van der Waals surface area contributed by atoms with Gasteiger partial charge in [0.25, 0.3) is 0 Å². The van der Waals surface area contributed by atoms with Crippen molar-refractivity contribution in [3.05, 3.63) is 41.6 Å². The summed E-state index contributed by atoms with van der Waals surface area (Å²) in [6.45, 7) is 4.73. The van der Waals surface area contributed by atoms with Crippen LogP contribution in [0, 0.1) is 17.3 Å². The fourth-order valence-electron chi connectivity index (χ4n) is 3.59. The van der Waals surface area contributed by atoms with E-state index in [1.807, 2.05) is 6.07 Å². The Morgan fingerprint density at radius 2 is 2.10 bits per heavy atom. The molecule has 0 aliphatic carbocycles. The van der Waals surface area contributed by atoms with Gasteiger partial charge < -0.3 is 10.6 Å². The second-order valence-electron chi connectivity index (χ2n) is 8.12. The van der Waals surface area contributed by atoms with E-state index in [4.69, 9.17) is 5.26 Å². The maximum atomic E-state index is 14.7. The van der Waals surface area contributed by atoms with E-state index in [1.165, 1.54) is 18.3 Å². The van der Waals surface area contributed by atoms with Crippen LogP contribution in [0.4, 0.5) is 23.5 Å². The van der Waals surface area contributed by atoms with Crippen molar-refractivity contribution in [3.8, 4) is 17.3 Å². The molecule has 1 fully saturated rings. The molecule has 0 amide bonds. The first-order valence-electron chi connectivity index (χ1n) is 9.61. The minimum absolute atomic E-state index is 0.0210. The molecule has 1 atom stereocenters. The zero-order valence-corrected chi connectivity index (χ0v) is 16.8. The molecule has 4 heterocycles. The normalized spacial score (nSPS) is 18.7. The van der Waals surface area contributed by atoms with Crippen LogP contribution in [0.2, 0.25) is 0 Å². The highest BCUT2D eigenvalue weighted by Gasteiger charge is 2.37. The molecule has 4 rings (SSSR count). The quantitative estimate of drug-likeness (QED) is 0.612. The number of fused-ring (bicyclic) bond motifs is 1. The third-order valence-electron chi connectivity index (χ3n) is 5.33. The Morgan fingerprint density at radius 1 is 1.32 bits per heavy atom. The van der Waals surface area contributed by atoms with E-state index in [1.54, 1.807) is 0 Å². The van der Waals surface area contributed by atoms with Crippen LogP contribution in [0.25, 0.3) is 16.8 Å². The lowest BCUT2D eigenvalue weighted by molar-refractivity contribution is -0.137. The zero-order valence-electron chi connectivity index (χ0n) is 16.8. The van der Waals surface area contributed by atoms with Crippen molar-refractivity contribution in [3.63, 3.8) is 0 Å². The lowest BCUT2D eigenvalue weighted by Crippen LogP contribution is -2.50. The Bertz CT molecular complexity index is 1170. The third kappa shape index (κ3) is 4.16. The maximum absolute atomic E-state index is 14.7. The summed E-state index contributed by atoms with van der Waals surface area (Å²) in [6, 6.07) is 4.52. The number of rotatable bonds is 3. The maximum Gasteiger partial charge on any atom is 0.420 e. The van der Waals surface area contributed by atoms with E-state index < -0.39 is 28.9 Å². The number of halogens is 4. The van der Waals surface area contributed by atoms with Crippen molar-refractivity contribution >= 4 is 11.5 Å². The number of alkyl halides is 3. The number of nitrogens with one attached hydrogen (secondary N) is 2. The Kier molecular flexibility index (Phi) is 5.05. The molecule has 0 unspecified atom stereocenters. The van der Waals surface area contributed by atoms with Crippen molar-refractivity contribution in [1.82, 2.24) is 24.9 Å². The molecule has 0 spiro atoms. The van der Waals surface area contributed by atoms with Crippen molar-refractivity contribution in [1.29, 1.82) is 5.26 Å². The van der Waals surface area contributed by atoms with Crippen molar-refractivity contribution in [2.75, 3.05) is 11.9 Å². The number of aromatic nitrogens is 4. The van der Waals surface area contributed by atoms with Crippen LogP contribution in [-0.4, -0.2) is 37.7 Å². The largest absolute Gasteiger partial charge is 0.420 e. The van der Waals surface area contributed by atoms with Crippen LogP contribution in [0.1, 0.15) is 37.8 Å². The molecule has 0 saturated carbocycles. The average Bonchev–Trinajstić information content (AvgIpc) is 3.03. The van der Waals surface area contributed by atoms with Crippen LogP contribution < -0.4 is 10.6 Å². The monoisotopic (exact) mass is 433 g/mol. The minimum atomic E-state index is -4.79. The van der Waals surface area contributed by atoms with E-state index in [0.717, 1.165) is 17.4 Å². The number of hydrogen-bond donors (Lipinski definition) is 2. The summed E-state index contributed by atoms with van der Waals surface area (Å²) in [5.41, 5.74) is -1.94. The van der Waals surface area contributed by atoms with E-state index in [9.17, 15) is 17.6 Å². The zero-order chi connectivity index (χ0) is 22.4. The number of nitriles is 1. The lowest BCUT2D eigenvalue weighted by atomic mass is 9.91. The Hall–Kier alpha value is -3.26. The van der Waals surface area contributed by atoms with Gasteiger partial charge in [0.15, 0.2) is 0 Å². The van der Waals surface area contributed by atoms with Gasteiger partial charge in [-0.3, -0.25) is 0 Å². The second kappa shape index (κ2) is 7.46.